The van der Waals surface area contributed by atoms with E-state index < -0.39 is 11.9 Å². The predicted molar refractivity (Wildman–Crippen MR) is 100 cm³/mol. The predicted octanol–water partition coefficient (Wildman–Crippen LogP) is 1.41. The molecule has 0 saturated heterocycles. The number of anilines is 1. The summed E-state index contributed by atoms with van der Waals surface area (Å²) in [7, 11) is 0. The van der Waals surface area contributed by atoms with Crippen molar-refractivity contribution in [3.8, 4) is 5.69 Å². The zero-order valence-corrected chi connectivity index (χ0v) is 14.8. The van der Waals surface area contributed by atoms with E-state index in [9.17, 15) is 14.4 Å². The summed E-state index contributed by atoms with van der Waals surface area (Å²) in [6.45, 7) is 1.61. The summed E-state index contributed by atoms with van der Waals surface area (Å²) in [5.41, 5.74) is 1.91. The fourth-order valence-electron chi connectivity index (χ4n) is 3.27. The maximum atomic E-state index is 12.6. The second-order valence-electron chi connectivity index (χ2n) is 6.60. The lowest BCUT2D eigenvalue weighted by Crippen LogP contribution is -2.34. The van der Waals surface area contributed by atoms with Crippen molar-refractivity contribution in [2.24, 2.45) is 0 Å². The molecule has 8 heteroatoms. The van der Waals surface area contributed by atoms with E-state index in [-0.39, 0.29) is 16.9 Å². The van der Waals surface area contributed by atoms with E-state index in [2.05, 4.69) is 15.5 Å². The second-order valence-corrected chi connectivity index (χ2v) is 6.60. The van der Waals surface area contributed by atoms with Gasteiger partial charge in [0.2, 0.25) is 5.91 Å². The number of carbonyl (C=O) groups is 1. The minimum atomic E-state index is -0.799. The Hall–Kier alpha value is -3.42. The van der Waals surface area contributed by atoms with Crippen molar-refractivity contribution in [3.05, 3.63) is 74.4 Å². The normalized spacial score (nSPS) is 14.0. The minimum Gasteiger partial charge on any atom is -0.309 e. The van der Waals surface area contributed by atoms with Gasteiger partial charge in [-0.1, -0.05) is 18.2 Å². The molecule has 138 valence electrons. The molecule has 4 rings (SSSR count). The van der Waals surface area contributed by atoms with Crippen LogP contribution in [0.15, 0.2) is 52.1 Å². The van der Waals surface area contributed by atoms with Crippen molar-refractivity contribution in [3.63, 3.8) is 0 Å². The van der Waals surface area contributed by atoms with Gasteiger partial charge in [0.05, 0.1) is 11.4 Å². The molecule has 0 saturated carbocycles. The summed E-state index contributed by atoms with van der Waals surface area (Å²) in [5, 5.41) is 9.86. The maximum Gasteiger partial charge on any atom is 0.273 e. The number of fused-ring (bicyclic) bond motifs is 1. The van der Waals surface area contributed by atoms with Gasteiger partial charge >= 0.3 is 0 Å². The van der Waals surface area contributed by atoms with Crippen LogP contribution in [0, 0.1) is 0 Å². The lowest BCUT2D eigenvalue weighted by molar-refractivity contribution is -0.119. The number of rotatable bonds is 4. The van der Waals surface area contributed by atoms with E-state index in [1.165, 1.54) is 15.4 Å². The van der Waals surface area contributed by atoms with E-state index >= 15 is 0 Å². The van der Waals surface area contributed by atoms with Gasteiger partial charge in [0, 0.05) is 12.1 Å². The lowest BCUT2D eigenvalue weighted by Gasteiger charge is -2.14. The molecule has 1 unspecified atom stereocenters. The summed E-state index contributed by atoms with van der Waals surface area (Å²) < 4.78 is 2.53. The minimum absolute atomic E-state index is 0.259. The van der Waals surface area contributed by atoms with Crippen LogP contribution < -0.4 is 16.4 Å². The van der Waals surface area contributed by atoms with Crippen LogP contribution in [0.2, 0.25) is 0 Å². The number of hydrogen-bond donors (Lipinski definition) is 2. The first-order valence-corrected chi connectivity index (χ1v) is 8.83. The zero-order valence-electron chi connectivity index (χ0n) is 14.8. The van der Waals surface area contributed by atoms with Crippen molar-refractivity contribution in [1.82, 2.24) is 19.6 Å². The van der Waals surface area contributed by atoms with Gasteiger partial charge in [-0.2, -0.15) is 5.10 Å². The van der Waals surface area contributed by atoms with Gasteiger partial charge in [0.15, 0.2) is 0 Å². The molecule has 1 aromatic carbocycles. The topological polar surface area (TPSA) is 102 Å². The molecule has 1 atom stereocenters. The van der Waals surface area contributed by atoms with Gasteiger partial charge in [-0.15, -0.1) is 0 Å². The Morgan fingerprint density at radius 1 is 1.15 bits per heavy atom. The fraction of sp³-hybridized carbons (Fsp3) is 0.263. The summed E-state index contributed by atoms with van der Waals surface area (Å²) >= 11 is 0. The van der Waals surface area contributed by atoms with Crippen LogP contribution >= 0.6 is 0 Å². The molecule has 0 spiro atoms. The molecule has 0 bridgehead atoms. The Morgan fingerprint density at radius 2 is 1.93 bits per heavy atom. The Bertz CT molecular complexity index is 1110. The molecule has 2 heterocycles. The molecule has 3 aromatic rings. The van der Waals surface area contributed by atoms with E-state index in [0.29, 0.717) is 5.69 Å². The summed E-state index contributed by atoms with van der Waals surface area (Å²) in [5.74, 6) is -0.168. The number of benzene rings is 1. The summed E-state index contributed by atoms with van der Waals surface area (Å²) in [6, 6.07) is 11.1. The number of H-pyrrole nitrogens is 1. The van der Waals surface area contributed by atoms with Crippen LogP contribution in [0.5, 0.6) is 0 Å². The quantitative estimate of drug-likeness (QED) is 0.730. The molecule has 2 aromatic heterocycles. The molecule has 8 nitrogen and oxygen atoms in total. The van der Waals surface area contributed by atoms with Gasteiger partial charge in [-0.05, 0) is 43.9 Å². The highest BCUT2D eigenvalue weighted by Crippen LogP contribution is 2.18. The molecule has 2 N–H and O–H groups in total. The number of amides is 1. The number of nitrogens with one attached hydrogen (secondary N) is 2. The Kier molecular flexibility index (Phi) is 4.23. The summed E-state index contributed by atoms with van der Waals surface area (Å²) in [4.78, 5) is 37.0. The average molecular weight is 365 g/mol. The number of aromatic amines is 1. The number of nitrogens with zero attached hydrogens (tertiary/aromatic N) is 3. The highest BCUT2D eigenvalue weighted by Gasteiger charge is 2.22. The zero-order chi connectivity index (χ0) is 19.0. The van der Waals surface area contributed by atoms with E-state index in [1.54, 1.807) is 25.1 Å². The van der Waals surface area contributed by atoms with Crippen LogP contribution in [-0.2, 0) is 17.6 Å². The number of para-hydroxylation sites is 1. The van der Waals surface area contributed by atoms with Crippen molar-refractivity contribution in [2.75, 3.05) is 5.32 Å². The molecule has 0 fully saturated rings. The third-order valence-electron chi connectivity index (χ3n) is 4.72. The third kappa shape index (κ3) is 3.21. The largest absolute Gasteiger partial charge is 0.309 e. The maximum absolute atomic E-state index is 12.6. The molecular weight excluding hydrogens is 346 g/mol. The van der Waals surface area contributed by atoms with Gasteiger partial charge < -0.3 is 5.32 Å². The third-order valence-corrected chi connectivity index (χ3v) is 4.72. The van der Waals surface area contributed by atoms with E-state index in [1.807, 2.05) is 18.2 Å². The SMILES string of the molecule is CC(C(=O)Nc1cc(=O)n(-c2ccccc2)[nH]1)n1nc2c(cc1=O)CCC2. The number of carbonyl (C=O) groups excluding carboxylic acids is 1. The molecule has 1 aliphatic carbocycles. The highest BCUT2D eigenvalue weighted by molar-refractivity contribution is 5.92. The van der Waals surface area contributed by atoms with Crippen LogP contribution in [0.4, 0.5) is 5.82 Å². The Balaban J connectivity index is 1.56. The standard InChI is InChI=1S/C19H19N5O3/c1-12(23-17(25)10-13-6-5-9-15(13)21-23)19(27)20-16-11-18(26)24(22-16)14-7-3-2-4-8-14/h2-4,7-8,10-12,22H,5-6,9H2,1H3,(H,20,27). The van der Waals surface area contributed by atoms with Gasteiger partial charge in [0.25, 0.3) is 11.1 Å². The number of aryl methyl sites for hydroxylation is 2. The second kappa shape index (κ2) is 6.71. The molecule has 1 aliphatic rings. The van der Waals surface area contributed by atoms with Crippen molar-refractivity contribution in [1.29, 1.82) is 0 Å². The van der Waals surface area contributed by atoms with Crippen LogP contribution in [-0.4, -0.2) is 25.5 Å². The monoisotopic (exact) mass is 365 g/mol. The highest BCUT2D eigenvalue weighted by atomic mass is 16.2. The summed E-state index contributed by atoms with van der Waals surface area (Å²) in [6.07, 6.45) is 2.64. The molecular formula is C19H19N5O3. The van der Waals surface area contributed by atoms with Gasteiger partial charge in [0.1, 0.15) is 11.9 Å². The molecule has 0 aliphatic heterocycles. The van der Waals surface area contributed by atoms with Gasteiger partial charge in [-0.25, -0.2) is 9.36 Å². The Labute approximate surface area is 154 Å². The van der Waals surface area contributed by atoms with Crippen molar-refractivity contribution < 1.29 is 4.79 Å². The van der Waals surface area contributed by atoms with Crippen LogP contribution in [0.1, 0.15) is 30.6 Å². The number of hydrogen-bond acceptors (Lipinski definition) is 4. The number of aromatic nitrogens is 4. The van der Waals surface area contributed by atoms with Crippen molar-refractivity contribution in [2.45, 2.75) is 32.2 Å². The average Bonchev–Trinajstić information content (AvgIpc) is 3.26. The van der Waals surface area contributed by atoms with E-state index in [0.717, 1.165) is 30.5 Å². The molecule has 27 heavy (non-hydrogen) atoms. The van der Waals surface area contributed by atoms with Gasteiger partial charge in [-0.3, -0.25) is 19.5 Å². The van der Waals surface area contributed by atoms with E-state index in [4.69, 9.17) is 0 Å². The van der Waals surface area contributed by atoms with Crippen LogP contribution in [0.3, 0.4) is 0 Å². The van der Waals surface area contributed by atoms with Crippen molar-refractivity contribution >= 4 is 11.7 Å². The lowest BCUT2D eigenvalue weighted by atomic mass is 10.2. The Morgan fingerprint density at radius 3 is 2.70 bits per heavy atom. The molecule has 1 amide bonds. The first kappa shape index (κ1) is 17.0. The fourth-order valence-corrected chi connectivity index (χ4v) is 3.27. The van der Waals surface area contributed by atoms with Crippen LogP contribution in [0.25, 0.3) is 5.69 Å². The smallest absolute Gasteiger partial charge is 0.273 e. The first-order valence-electron chi connectivity index (χ1n) is 8.83. The molecule has 0 radical (unpaired) electrons. The first-order chi connectivity index (χ1) is 13.0.